The number of hydrogen-bond donors (Lipinski definition) is 0. The third-order valence-corrected chi connectivity index (χ3v) is 3.23. The van der Waals surface area contributed by atoms with Crippen LogP contribution in [0.5, 0.6) is 5.75 Å². The molecule has 3 aromatic rings. The molecular weight excluding hydrogens is 336 g/mol. The lowest BCUT2D eigenvalue weighted by Gasteiger charge is -2.17. The molecule has 0 amide bonds. The Morgan fingerprint density at radius 2 is 1.58 bits per heavy atom. The highest BCUT2D eigenvalue weighted by Gasteiger charge is 2.17. The lowest BCUT2D eigenvalue weighted by molar-refractivity contribution is -2.00. The van der Waals surface area contributed by atoms with Crippen molar-refractivity contribution < 1.29 is 38.0 Å². The molecule has 1 heterocycles. The van der Waals surface area contributed by atoms with Gasteiger partial charge < -0.3 is 4.74 Å². The molecule has 0 N–H and O–H groups in total. The fourth-order valence-corrected chi connectivity index (χ4v) is 2.22. The van der Waals surface area contributed by atoms with Gasteiger partial charge in [-0.3, -0.25) is 0 Å². The summed E-state index contributed by atoms with van der Waals surface area (Å²) in [6, 6.07) is 18.0. The van der Waals surface area contributed by atoms with Crippen molar-refractivity contribution in [3.05, 3.63) is 60.2 Å². The Morgan fingerprint density at radius 1 is 0.917 bits per heavy atom. The molecule has 0 saturated heterocycles. The first-order valence-corrected chi connectivity index (χ1v) is 8.10. The smallest absolute Gasteiger partial charge is 0.361 e. The second-order valence-electron chi connectivity index (χ2n) is 4.90. The quantitative estimate of drug-likeness (QED) is 0.598. The van der Waals surface area contributed by atoms with E-state index < -0.39 is 10.2 Å². The molecule has 126 valence electrons. The molecule has 0 aliphatic rings. The number of methoxy groups -OCH3 is 1. The van der Waals surface area contributed by atoms with Gasteiger partial charge in [0, 0.05) is 12.1 Å². The van der Waals surface area contributed by atoms with E-state index in [2.05, 4.69) is 19.1 Å². The summed E-state index contributed by atoms with van der Waals surface area (Å²) in [5.41, 5.74) is 3.13. The zero-order valence-electron chi connectivity index (χ0n) is 13.0. The highest BCUT2D eigenvalue weighted by atomic mass is 35.7. The molecular formula is C17H15ClO6. The van der Waals surface area contributed by atoms with E-state index >= 15 is 0 Å². The Labute approximate surface area is 140 Å². The fraction of sp³-hybridized carbons (Fsp3) is 0.118. The van der Waals surface area contributed by atoms with Crippen LogP contribution in [0.4, 0.5) is 0 Å². The molecule has 0 unspecified atom stereocenters. The maximum atomic E-state index is 8.49. The van der Waals surface area contributed by atoms with Gasteiger partial charge in [0.15, 0.2) is 0 Å². The van der Waals surface area contributed by atoms with Crippen LogP contribution in [0.2, 0.25) is 0 Å². The maximum Gasteiger partial charge on any atom is 0.361 e. The standard InChI is InChI=1S/C17H15O2.ClHO4/c1-12-10-17(13-6-5-7-14(11-13)18-2)19-16-9-4-3-8-15(12)16;2-1(3,4)5/h3-11H,1-2H3;(H,2,3,4,5)/q+1;/p-1. The minimum atomic E-state index is -4.94. The summed E-state index contributed by atoms with van der Waals surface area (Å²) in [5, 5.41) is 1.15. The molecule has 0 fully saturated rings. The topological polar surface area (TPSA) is 113 Å². The molecule has 0 saturated carbocycles. The molecule has 7 heteroatoms. The Hall–Kier alpha value is -2.22. The summed E-state index contributed by atoms with van der Waals surface area (Å²) in [6.07, 6.45) is 0. The van der Waals surface area contributed by atoms with E-state index in [4.69, 9.17) is 27.8 Å². The zero-order valence-corrected chi connectivity index (χ0v) is 13.8. The molecule has 0 bridgehead atoms. The van der Waals surface area contributed by atoms with Crippen LogP contribution in [0, 0.1) is 17.2 Å². The normalized spacial score (nSPS) is 10.9. The van der Waals surface area contributed by atoms with Crippen molar-refractivity contribution in [3.8, 4) is 17.1 Å². The SMILES string of the molecule is COc1cccc(-c2cc(C)c3ccccc3[o+]2)c1.[O-][Cl+3]([O-])([O-])[O-]. The van der Waals surface area contributed by atoms with Crippen LogP contribution in [-0.4, -0.2) is 7.11 Å². The van der Waals surface area contributed by atoms with Crippen molar-refractivity contribution >= 4 is 11.0 Å². The molecule has 1 aromatic heterocycles. The van der Waals surface area contributed by atoms with E-state index in [1.165, 1.54) is 5.56 Å². The van der Waals surface area contributed by atoms with Gasteiger partial charge in [-0.05, 0) is 36.8 Å². The van der Waals surface area contributed by atoms with Gasteiger partial charge in [-0.15, -0.1) is 10.2 Å². The third-order valence-electron chi connectivity index (χ3n) is 3.23. The number of benzene rings is 2. The fourth-order valence-electron chi connectivity index (χ4n) is 2.22. The van der Waals surface area contributed by atoms with E-state index in [0.29, 0.717) is 0 Å². The summed E-state index contributed by atoms with van der Waals surface area (Å²) in [5.74, 6) is 1.69. The number of fused-ring (bicyclic) bond motifs is 1. The number of rotatable bonds is 2. The van der Waals surface area contributed by atoms with Gasteiger partial charge in [0.1, 0.15) is 5.75 Å². The summed E-state index contributed by atoms with van der Waals surface area (Å²) in [6.45, 7) is 2.10. The largest absolute Gasteiger partial charge is 0.497 e. The summed E-state index contributed by atoms with van der Waals surface area (Å²) >= 11 is 0. The average Bonchev–Trinajstić information content (AvgIpc) is 2.53. The molecule has 0 aliphatic carbocycles. The van der Waals surface area contributed by atoms with Gasteiger partial charge >= 0.3 is 11.3 Å². The molecule has 3 rings (SSSR count). The van der Waals surface area contributed by atoms with Crippen LogP contribution in [0.25, 0.3) is 22.3 Å². The Balaban J connectivity index is 0.000000368. The van der Waals surface area contributed by atoms with Crippen LogP contribution in [0.3, 0.4) is 0 Å². The van der Waals surface area contributed by atoms with Crippen LogP contribution in [-0.2, 0) is 0 Å². The van der Waals surface area contributed by atoms with Crippen molar-refractivity contribution in [2.24, 2.45) is 0 Å². The first-order chi connectivity index (χ1) is 11.3. The van der Waals surface area contributed by atoms with E-state index in [1.807, 2.05) is 42.5 Å². The van der Waals surface area contributed by atoms with E-state index in [-0.39, 0.29) is 0 Å². The Morgan fingerprint density at radius 3 is 2.25 bits per heavy atom. The van der Waals surface area contributed by atoms with Gasteiger partial charge in [0.05, 0.1) is 18.1 Å². The minimum absolute atomic E-state index is 0.832. The minimum Gasteiger partial charge on any atom is -0.497 e. The molecule has 2 aromatic carbocycles. The van der Waals surface area contributed by atoms with Gasteiger partial charge in [-0.1, -0.05) is 18.2 Å². The highest BCUT2D eigenvalue weighted by Crippen LogP contribution is 2.29. The van der Waals surface area contributed by atoms with Crippen molar-refractivity contribution in [1.82, 2.24) is 0 Å². The van der Waals surface area contributed by atoms with Crippen molar-refractivity contribution in [3.63, 3.8) is 0 Å². The summed E-state index contributed by atoms with van der Waals surface area (Å²) in [7, 11) is -3.28. The number of ether oxygens (including phenoxy) is 1. The monoisotopic (exact) mass is 350 g/mol. The Kier molecular flexibility index (Phi) is 5.71. The molecule has 0 atom stereocenters. The van der Waals surface area contributed by atoms with Crippen molar-refractivity contribution in [2.45, 2.75) is 6.92 Å². The summed E-state index contributed by atoms with van der Waals surface area (Å²) in [4.78, 5) is 0. The maximum absolute atomic E-state index is 8.49. The van der Waals surface area contributed by atoms with Crippen LogP contribution in [0.15, 0.2) is 59.0 Å². The van der Waals surface area contributed by atoms with Crippen LogP contribution in [0.1, 0.15) is 5.56 Å². The molecule has 0 radical (unpaired) electrons. The lowest BCUT2D eigenvalue weighted by Crippen LogP contribution is -2.68. The highest BCUT2D eigenvalue weighted by molar-refractivity contribution is 5.82. The number of aryl methyl sites for hydroxylation is 1. The predicted octanol–water partition coefficient (Wildman–Crippen LogP) is -0.0581. The van der Waals surface area contributed by atoms with Gasteiger partial charge in [0.2, 0.25) is 0 Å². The second-order valence-corrected chi connectivity index (χ2v) is 5.66. The third kappa shape index (κ3) is 5.16. The van der Waals surface area contributed by atoms with Gasteiger partial charge in [0.25, 0.3) is 0 Å². The van der Waals surface area contributed by atoms with Crippen molar-refractivity contribution in [1.29, 1.82) is 0 Å². The average molecular weight is 351 g/mol. The first kappa shape index (κ1) is 18.1. The first-order valence-electron chi connectivity index (χ1n) is 6.86. The van der Waals surface area contributed by atoms with E-state index in [9.17, 15) is 0 Å². The number of hydrogen-bond acceptors (Lipinski definition) is 5. The number of halogens is 1. The molecule has 0 spiro atoms. The predicted molar refractivity (Wildman–Crippen MR) is 77.3 cm³/mol. The second kappa shape index (κ2) is 7.57. The summed E-state index contributed by atoms with van der Waals surface area (Å²) < 4.78 is 45.2. The molecule has 0 aliphatic heterocycles. The van der Waals surface area contributed by atoms with Gasteiger partial charge in [-0.25, -0.2) is 23.1 Å². The van der Waals surface area contributed by atoms with Gasteiger partial charge in [-0.2, -0.15) is 0 Å². The molecule has 6 nitrogen and oxygen atoms in total. The van der Waals surface area contributed by atoms with Crippen molar-refractivity contribution in [2.75, 3.05) is 7.11 Å². The lowest BCUT2D eigenvalue weighted by atomic mass is 10.1. The molecule has 24 heavy (non-hydrogen) atoms. The van der Waals surface area contributed by atoms with Crippen LogP contribution < -0.4 is 23.4 Å². The van der Waals surface area contributed by atoms with E-state index in [1.54, 1.807) is 7.11 Å². The number of para-hydroxylation sites is 1. The Bertz CT molecular complexity index is 823. The van der Waals surface area contributed by atoms with Crippen LogP contribution >= 0.6 is 0 Å². The zero-order chi connectivity index (χ0) is 17.7. The van der Waals surface area contributed by atoms with E-state index in [0.717, 1.165) is 28.0 Å².